The Labute approximate surface area is 120 Å². The SMILES string of the molecule is COc1ccc(CNC(=O)N2CCC(C)CC2)cc1N. The highest BCUT2D eigenvalue weighted by Gasteiger charge is 2.19. The molecule has 0 aromatic heterocycles. The molecule has 0 spiro atoms. The molecule has 0 aliphatic carbocycles. The number of hydrogen-bond donors (Lipinski definition) is 2. The molecule has 2 rings (SSSR count). The van der Waals surface area contributed by atoms with E-state index in [9.17, 15) is 4.79 Å². The maximum atomic E-state index is 12.0. The molecule has 3 N–H and O–H groups in total. The van der Waals surface area contributed by atoms with E-state index in [1.807, 2.05) is 23.1 Å². The zero-order chi connectivity index (χ0) is 14.5. The van der Waals surface area contributed by atoms with E-state index >= 15 is 0 Å². The van der Waals surface area contributed by atoms with Gasteiger partial charge in [-0.3, -0.25) is 0 Å². The molecule has 2 amide bonds. The summed E-state index contributed by atoms with van der Waals surface area (Å²) in [6, 6.07) is 5.57. The lowest BCUT2D eigenvalue weighted by atomic mass is 10.00. The van der Waals surface area contributed by atoms with Crippen molar-refractivity contribution in [3.05, 3.63) is 23.8 Å². The van der Waals surface area contributed by atoms with Gasteiger partial charge >= 0.3 is 6.03 Å². The minimum absolute atomic E-state index is 0.00582. The summed E-state index contributed by atoms with van der Waals surface area (Å²) in [7, 11) is 1.59. The number of carbonyl (C=O) groups excluding carboxylic acids is 1. The molecule has 1 fully saturated rings. The zero-order valence-corrected chi connectivity index (χ0v) is 12.2. The minimum atomic E-state index is 0.00582. The summed E-state index contributed by atoms with van der Waals surface area (Å²) in [5.41, 5.74) is 7.41. The average Bonchev–Trinajstić information content (AvgIpc) is 2.45. The van der Waals surface area contributed by atoms with Crippen molar-refractivity contribution in [2.24, 2.45) is 5.92 Å². The molecule has 5 nitrogen and oxygen atoms in total. The third-order valence-corrected chi connectivity index (χ3v) is 3.81. The number of nitrogens with one attached hydrogen (secondary N) is 1. The van der Waals surface area contributed by atoms with Crippen LogP contribution in [0.25, 0.3) is 0 Å². The fraction of sp³-hybridized carbons (Fsp3) is 0.533. The van der Waals surface area contributed by atoms with Gasteiger partial charge in [-0.2, -0.15) is 0 Å². The van der Waals surface area contributed by atoms with Crippen molar-refractivity contribution < 1.29 is 9.53 Å². The van der Waals surface area contributed by atoms with Crippen LogP contribution in [0.15, 0.2) is 18.2 Å². The number of carbonyl (C=O) groups is 1. The molecule has 1 saturated heterocycles. The Balaban J connectivity index is 1.85. The number of hydrogen-bond acceptors (Lipinski definition) is 3. The van der Waals surface area contributed by atoms with Crippen LogP contribution < -0.4 is 15.8 Å². The second-order valence-electron chi connectivity index (χ2n) is 5.40. The number of rotatable bonds is 3. The van der Waals surface area contributed by atoms with Crippen molar-refractivity contribution in [1.29, 1.82) is 0 Å². The molecule has 0 bridgehead atoms. The third-order valence-electron chi connectivity index (χ3n) is 3.81. The largest absolute Gasteiger partial charge is 0.495 e. The van der Waals surface area contributed by atoms with Crippen LogP contribution in [-0.4, -0.2) is 31.1 Å². The minimum Gasteiger partial charge on any atom is -0.495 e. The van der Waals surface area contributed by atoms with Gasteiger partial charge in [0.05, 0.1) is 12.8 Å². The first-order chi connectivity index (χ1) is 9.60. The van der Waals surface area contributed by atoms with Gasteiger partial charge < -0.3 is 20.7 Å². The van der Waals surface area contributed by atoms with Crippen LogP contribution in [0.1, 0.15) is 25.3 Å². The number of benzene rings is 1. The van der Waals surface area contributed by atoms with E-state index in [0.717, 1.165) is 37.4 Å². The van der Waals surface area contributed by atoms with Crippen molar-refractivity contribution in [3.63, 3.8) is 0 Å². The van der Waals surface area contributed by atoms with Crippen LogP contribution in [0.4, 0.5) is 10.5 Å². The number of piperidine rings is 1. The zero-order valence-electron chi connectivity index (χ0n) is 12.2. The molecule has 5 heteroatoms. The van der Waals surface area contributed by atoms with Gasteiger partial charge in [0.15, 0.2) is 0 Å². The predicted molar refractivity (Wildman–Crippen MR) is 79.6 cm³/mol. The number of amides is 2. The van der Waals surface area contributed by atoms with Gasteiger partial charge in [0.25, 0.3) is 0 Å². The monoisotopic (exact) mass is 277 g/mol. The molecule has 110 valence electrons. The molecular formula is C15H23N3O2. The van der Waals surface area contributed by atoms with Crippen molar-refractivity contribution in [2.45, 2.75) is 26.3 Å². The van der Waals surface area contributed by atoms with Crippen molar-refractivity contribution in [1.82, 2.24) is 10.2 Å². The summed E-state index contributed by atoms with van der Waals surface area (Å²) in [6.45, 7) is 4.41. The number of methoxy groups -OCH3 is 1. The lowest BCUT2D eigenvalue weighted by molar-refractivity contribution is 0.173. The second-order valence-corrected chi connectivity index (χ2v) is 5.40. The third kappa shape index (κ3) is 3.56. The Kier molecular flexibility index (Phi) is 4.71. The van der Waals surface area contributed by atoms with Crippen LogP contribution in [-0.2, 0) is 6.54 Å². The first kappa shape index (κ1) is 14.5. The molecule has 1 aliphatic rings. The molecule has 0 atom stereocenters. The molecule has 1 heterocycles. The summed E-state index contributed by atoms with van der Waals surface area (Å²) in [6.07, 6.45) is 2.17. The molecule has 20 heavy (non-hydrogen) atoms. The van der Waals surface area contributed by atoms with Crippen molar-refractivity contribution >= 4 is 11.7 Å². The van der Waals surface area contributed by atoms with Gasteiger partial charge in [-0.15, -0.1) is 0 Å². The number of nitrogen functional groups attached to an aromatic ring is 1. The second kappa shape index (κ2) is 6.50. The molecule has 1 aromatic rings. The van der Waals surface area contributed by atoms with Crippen LogP contribution in [0.2, 0.25) is 0 Å². The quantitative estimate of drug-likeness (QED) is 0.832. The maximum Gasteiger partial charge on any atom is 0.317 e. The Hall–Kier alpha value is -1.91. The summed E-state index contributed by atoms with van der Waals surface area (Å²) in [4.78, 5) is 13.9. The first-order valence-corrected chi connectivity index (χ1v) is 7.05. The molecule has 1 aromatic carbocycles. The summed E-state index contributed by atoms with van der Waals surface area (Å²) >= 11 is 0. The molecule has 0 unspecified atom stereocenters. The Bertz CT molecular complexity index is 468. The molecule has 1 aliphatic heterocycles. The number of urea groups is 1. The Morgan fingerprint density at radius 1 is 1.45 bits per heavy atom. The van der Waals surface area contributed by atoms with Gasteiger partial charge in [-0.1, -0.05) is 13.0 Å². The fourth-order valence-corrected chi connectivity index (χ4v) is 2.39. The fourth-order valence-electron chi connectivity index (χ4n) is 2.39. The lowest BCUT2D eigenvalue weighted by Gasteiger charge is -2.30. The topological polar surface area (TPSA) is 67.6 Å². The van der Waals surface area contributed by atoms with Crippen molar-refractivity contribution in [2.75, 3.05) is 25.9 Å². The molecular weight excluding hydrogens is 254 g/mol. The first-order valence-electron chi connectivity index (χ1n) is 7.05. The van der Waals surface area contributed by atoms with E-state index in [2.05, 4.69) is 12.2 Å². The van der Waals surface area contributed by atoms with E-state index < -0.39 is 0 Å². The number of likely N-dealkylation sites (tertiary alicyclic amines) is 1. The van der Waals surface area contributed by atoms with Gasteiger partial charge in [0.1, 0.15) is 5.75 Å². The van der Waals surface area contributed by atoms with E-state index in [1.54, 1.807) is 7.11 Å². The standard InChI is InChI=1S/C15H23N3O2/c1-11-5-7-18(8-6-11)15(19)17-10-12-3-4-14(20-2)13(16)9-12/h3-4,9,11H,5-8,10,16H2,1-2H3,(H,17,19). The van der Waals surface area contributed by atoms with E-state index in [1.165, 1.54) is 0 Å². The molecule has 0 radical (unpaired) electrons. The van der Waals surface area contributed by atoms with Crippen LogP contribution in [0.5, 0.6) is 5.75 Å². The van der Waals surface area contributed by atoms with Gasteiger partial charge in [-0.05, 0) is 36.5 Å². The van der Waals surface area contributed by atoms with E-state index in [4.69, 9.17) is 10.5 Å². The number of nitrogens with two attached hydrogens (primary N) is 1. The van der Waals surface area contributed by atoms with Crippen LogP contribution in [0, 0.1) is 5.92 Å². The lowest BCUT2D eigenvalue weighted by Crippen LogP contribution is -2.43. The highest BCUT2D eigenvalue weighted by atomic mass is 16.5. The van der Waals surface area contributed by atoms with E-state index in [-0.39, 0.29) is 6.03 Å². The summed E-state index contributed by atoms with van der Waals surface area (Å²) in [5, 5.41) is 2.94. The van der Waals surface area contributed by atoms with Gasteiger partial charge in [0, 0.05) is 19.6 Å². The number of ether oxygens (including phenoxy) is 1. The Morgan fingerprint density at radius 2 is 2.15 bits per heavy atom. The maximum absolute atomic E-state index is 12.0. The van der Waals surface area contributed by atoms with Crippen LogP contribution >= 0.6 is 0 Å². The van der Waals surface area contributed by atoms with Crippen LogP contribution in [0.3, 0.4) is 0 Å². The smallest absolute Gasteiger partial charge is 0.317 e. The Morgan fingerprint density at radius 3 is 2.75 bits per heavy atom. The van der Waals surface area contributed by atoms with E-state index in [0.29, 0.717) is 18.0 Å². The van der Waals surface area contributed by atoms with Crippen molar-refractivity contribution in [3.8, 4) is 5.75 Å². The normalized spacial score (nSPS) is 16.0. The summed E-state index contributed by atoms with van der Waals surface area (Å²) in [5.74, 6) is 1.38. The highest BCUT2D eigenvalue weighted by molar-refractivity contribution is 5.74. The average molecular weight is 277 g/mol. The number of nitrogens with zero attached hydrogens (tertiary/aromatic N) is 1. The van der Waals surface area contributed by atoms with Gasteiger partial charge in [0.2, 0.25) is 0 Å². The van der Waals surface area contributed by atoms with Gasteiger partial charge in [-0.25, -0.2) is 4.79 Å². The predicted octanol–water partition coefficient (Wildman–Crippen LogP) is 2.22. The summed E-state index contributed by atoms with van der Waals surface area (Å²) < 4.78 is 5.11. The number of anilines is 1. The molecule has 0 saturated carbocycles. The highest BCUT2D eigenvalue weighted by Crippen LogP contribution is 2.22.